The Hall–Kier alpha value is -2.26. The van der Waals surface area contributed by atoms with Gasteiger partial charge in [-0.1, -0.05) is 365 Å². The van der Waals surface area contributed by atoms with Gasteiger partial charge in [-0.05, 0) is 72.6 Å². The zero-order chi connectivity index (χ0) is 56.0. The molecule has 2 rings (SSSR count). The van der Waals surface area contributed by atoms with E-state index in [0.29, 0.717) is 0 Å². The van der Waals surface area contributed by atoms with Gasteiger partial charge in [0.05, 0.1) is 5.57 Å². The molecule has 450 valence electrons. The summed E-state index contributed by atoms with van der Waals surface area (Å²) in [5.74, 6) is 2.81. The van der Waals surface area contributed by atoms with Crippen LogP contribution >= 0.6 is 0 Å². The number of benzene rings is 2. The van der Waals surface area contributed by atoms with Crippen molar-refractivity contribution < 1.29 is 25.2 Å². The van der Waals surface area contributed by atoms with E-state index in [1.54, 1.807) is 0 Å². The summed E-state index contributed by atoms with van der Waals surface area (Å²) in [6.07, 6.45) is 75.9. The zero-order valence-corrected chi connectivity index (χ0v) is 54.4. The maximum absolute atomic E-state index is 9.18. The van der Waals surface area contributed by atoms with Crippen LogP contribution in [0.3, 0.4) is 0 Å². The normalized spacial score (nSPS) is 11.1. The molecule has 2 nitrogen and oxygen atoms in total. The summed E-state index contributed by atoms with van der Waals surface area (Å²) < 4.78 is 0. The maximum Gasteiger partial charge on any atom is 2.00 e. The molecule has 0 saturated heterocycles. The number of allylic oxidation sites excluding steroid dienone is 3. The zero-order valence-electron chi connectivity index (χ0n) is 52.8. The molecule has 2 aromatic carbocycles. The summed E-state index contributed by atoms with van der Waals surface area (Å²) in [6, 6.07) is 17.5. The topological polar surface area (TPSA) is 36.4 Å². The fourth-order valence-electron chi connectivity index (χ4n) is 10.6. The summed E-state index contributed by atoms with van der Waals surface area (Å²) >= 11 is 0. The third kappa shape index (κ3) is 53.1. The van der Waals surface area contributed by atoms with Crippen molar-refractivity contribution in [3.63, 3.8) is 0 Å². The third-order valence-corrected chi connectivity index (χ3v) is 15.6. The largest absolute Gasteiger partial charge is 2.00 e. The molecule has 0 N–H and O–H groups in total. The standard InChI is InChI=1S/C31H40N2.2C22H45.Pd/c1-4-7-9-10-11-12-17-27-19-14-21-30(23-27)31(24-28(25-33-32)16-8-5-2)29-20-13-18-26(22-29)15-6-3;2*1-3-5-7-9-11-13-15-17-19-21-22-20-18-16-14-12-10-8-6-4-2;/h6,13-15,18-24H,4-5,7-12,16-17H2,1-3H3;2*1,3-22H2,2H3;/q;2*-1;+2. The van der Waals surface area contributed by atoms with Crippen molar-refractivity contribution in [2.75, 3.05) is 0 Å². The van der Waals surface area contributed by atoms with E-state index in [1.165, 1.54) is 299 Å². The van der Waals surface area contributed by atoms with Crippen LogP contribution in [-0.2, 0) is 26.8 Å². The second kappa shape index (κ2) is 65.6. The monoisotopic (exact) mass is 1160 g/mol. The molecule has 78 heavy (non-hydrogen) atoms. The minimum atomic E-state index is 0. The summed E-state index contributed by atoms with van der Waals surface area (Å²) in [6.45, 7) is 18.9. The van der Waals surface area contributed by atoms with Gasteiger partial charge in [0.1, 0.15) is 0 Å². The van der Waals surface area contributed by atoms with Gasteiger partial charge in [0, 0.05) is 0 Å². The van der Waals surface area contributed by atoms with Crippen LogP contribution in [0.1, 0.15) is 371 Å². The molecule has 0 unspecified atom stereocenters. The Bertz CT molecular complexity index is 1580. The molecular weight excluding hydrogens is 1040 g/mol. The molecule has 0 spiro atoms. The van der Waals surface area contributed by atoms with Gasteiger partial charge in [-0.15, -0.1) is 4.79 Å². The fourth-order valence-corrected chi connectivity index (χ4v) is 10.6. The molecule has 0 atom stereocenters. The Morgan fingerprint density at radius 1 is 0.423 bits per heavy atom. The van der Waals surface area contributed by atoms with Crippen molar-refractivity contribution in [2.24, 2.45) is 0 Å². The summed E-state index contributed by atoms with van der Waals surface area (Å²) in [4.78, 5) is 3.22. The molecule has 0 amide bonds. The van der Waals surface area contributed by atoms with Crippen molar-refractivity contribution in [2.45, 2.75) is 356 Å². The molecule has 0 radical (unpaired) electrons. The number of nitrogens with zero attached hydrogens (tertiary/aromatic N) is 2. The van der Waals surface area contributed by atoms with E-state index in [0.717, 1.165) is 55.2 Å². The van der Waals surface area contributed by atoms with Gasteiger partial charge in [0.25, 0.3) is 0 Å². The predicted octanol–water partition coefficient (Wildman–Crippen LogP) is 26.4. The molecule has 0 aliphatic carbocycles. The predicted molar refractivity (Wildman–Crippen MR) is 350 cm³/mol. The summed E-state index contributed by atoms with van der Waals surface area (Å²) in [5.41, 5.74) is 16.2. The number of aryl methyl sites for hydroxylation is 1. The molecular formula is C75H130N2Pd. The summed E-state index contributed by atoms with van der Waals surface area (Å²) in [5, 5.41) is 0. The van der Waals surface area contributed by atoms with Crippen molar-refractivity contribution in [3.8, 4) is 0 Å². The number of hydrogen-bond donors (Lipinski definition) is 0. The molecule has 0 aliphatic heterocycles. The number of unbranched alkanes of at least 4 members (excludes halogenated alkanes) is 44. The van der Waals surface area contributed by atoms with Gasteiger partial charge in [0.15, 0.2) is 0 Å². The Morgan fingerprint density at radius 3 is 1.08 bits per heavy atom. The van der Waals surface area contributed by atoms with Crippen molar-refractivity contribution in [1.29, 1.82) is 0 Å². The molecule has 0 saturated carbocycles. The van der Waals surface area contributed by atoms with Gasteiger partial charge in [0.2, 0.25) is 0 Å². The Balaban J connectivity index is 0. The van der Waals surface area contributed by atoms with E-state index >= 15 is 0 Å². The van der Waals surface area contributed by atoms with E-state index in [1.807, 2.05) is 6.92 Å². The smallest absolute Gasteiger partial charge is 0.348 e. The Labute approximate surface area is 503 Å². The third-order valence-electron chi connectivity index (χ3n) is 15.6. The van der Waals surface area contributed by atoms with Crippen LogP contribution in [0.5, 0.6) is 0 Å². The number of rotatable bonds is 52. The average Bonchev–Trinajstić information content (AvgIpc) is 3.46. The SMILES string of the molecule is CC=Cc1cccc(C(=CC(=C=[N+]=[N-])CCCC)c2cccc(CCCCCCCC)c2)c1.[CH2-]CCCCCCCCCCCCCCCCCCCCC.[CH2-]CCCCCCCCCCCCCCCCCCCCC.[Pd+2]. The first kappa shape index (κ1) is 77.8. The molecule has 2 aromatic rings. The van der Waals surface area contributed by atoms with Gasteiger partial charge < -0.3 is 19.4 Å². The van der Waals surface area contributed by atoms with Gasteiger partial charge in [-0.25, -0.2) is 0 Å². The van der Waals surface area contributed by atoms with Gasteiger partial charge in [-0.3, -0.25) is 0 Å². The Morgan fingerprint density at radius 2 is 0.744 bits per heavy atom. The first-order chi connectivity index (χ1) is 38.0. The molecule has 0 aliphatic rings. The Kier molecular flexibility index (Phi) is 65.4. The quantitative estimate of drug-likeness (QED) is 0.0120. The van der Waals surface area contributed by atoms with Crippen LogP contribution in [-0.4, -0.2) is 10.7 Å². The second-order valence-corrected chi connectivity index (χ2v) is 23.2. The van der Waals surface area contributed by atoms with Crippen LogP contribution in [0.25, 0.3) is 17.2 Å². The molecule has 0 fully saturated rings. The molecule has 0 bridgehead atoms. The van der Waals surface area contributed by atoms with Crippen LogP contribution in [0.4, 0.5) is 0 Å². The summed E-state index contributed by atoms with van der Waals surface area (Å²) in [7, 11) is 0. The maximum atomic E-state index is 9.18. The first-order valence-electron chi connectivity index (χ1n) is 34.1. The van der Waals surface area contributed by atoms with Crippen LogP contribution in [0.15, 0.2) is 66.3 Å². The second-order valence-electron chi connectivity index (χ2n) is 23.2. The fraction of sp³-hybridized carbons (Fsp3) is 0.733. The molecule has 3 heteroatoms. The van der Waals surface area contributed by atoms with E-state index in [2.05, 4.69) is 119 Å². The number of hydrogen-bond acceptors (Lipinski definition) is 0. The van der Waals surface area contributed by atoms with Crippen LogP contribution in [0, 0.1) is 13.8 Å². The van der Waals surface area contributed by atoms with Gasteiger partial charge >= 0.3 is 26.3 Å². The molecule has 0 aromatic heterocycles. The average molecular weight is 1170 g/mol. The molecule has 0 heterocycles. The van der Waals surface area contributed by atoms with Crippen LogP contribution in [0.2, 0.25) is 0 Å². The van der Waals surface area contributed by atoms with Crippen LogP contribution < -0.4 is 0 Å². The van der Waals surface area contributed by atoms with E-state index in [4.69, 9.17) is 0 Å². The van der Waals surface area contributed by atoms with Gasteiger partial charge in [-0.2, -0.15) is 12.8 Å². The minimum absolute atomic E-state index is 0. The van der Waals surface area contributed by atoms with Crippen molar-refractivity contribution >= 4 is 17.5 Å². The first-order valence-corrected chi connectivity index (χ1v) is 34.1. The van der Waals surface area contributed by atoms with E-state index < -0.39 is 0 Å². The van der Waals surface area contributed by atoms with Crippen molar-refractivity contribution in [3.05, 3.63) is 108 Å². The van der Waals surface area contributed by atoms with E-state index in [9.17, 15) is 5.53 Å². The van der Waals surface area contributed by atoms with E-state index in [-0.39, 0.29) is 20.4 Å². The van der Waals surface area contributed by atoms with Crippen molar-refractivity contribution in [1.82, 2.24) is 0 Å². The minimum Gasteiger partial charge on any atom is -0.348 e.